The molecule has 0 aliphatic carbocycles. The van der Waals surface area contributed by atoms with E-state index in [9.17, 15) is 63.0 Å². The zero-order chi connectivity index (χ0) is 80.7. The van der Waals surface area contributed by atoms with E-state index >= 15 is 0 Å². The minimum Gasteiger partial charge on any atom is -0.508 e. The minimum absolute atomic E-state index is 0.0578. The lowest BCUT2D eigenvalue weighted by atomic mass is 9.87. The van der Waals surface area contributed by atoms with Gasteiger partial charge in [0, 0.05) is 34.5 Å². The summed E-state index contributed by atoms with van der Waals surface area (Å²) in [4.78, 5) is 123. The summed E-state index contributed by atoms with van der Waals surface area (Å²) in [5.74, 6) is -2.95. The number of esters is 8. The average Bonchev–Trinajstić information content (AvgIpc) is 1.66. The van der Waals surface area contributed by atoms with E-state index in [0.717, 1.165) is 6.42 Å². The van der Waals surface area contributed by atoms with E-state index in [1.807, 2.05) is 111 Å². The number of rotatable bonds is 23. The van der Waals surface area contributed by atoms with Gasteiger partial charge in [-0.1, -0.05) is 186 Å². The Labute approximate surface area is 620 Å². The molecule has 0 bridgehead atoms. The van der Waals surface area contributed by atoms with Crippen LogP contribution >= 0.6 is 0 Å². The van der Waals surface area contributed by atoms with E-state index in [1.165, 1.54) is 18.2 Å². The first kappa shape index (κ1) is 93.4. The van der Waals surface area contributed by atoms with Crippen LogP contribution in [-0.2, 0) is 105 Å². The van der Waals surface area contributed by atoms with Crippen molar-refractivity contribution in [1.82, 2.24) is 0 Å². The van der Waals surface area contributed by atoms with Crippen molar-refractivity contribution >= 4 is 65.1 Å². The first-order valence-electron chi connectivity index (χ1n) is 34.9. The zero-order valence-electron chi connectivity index (χ0n) is 64.6. The Morgan fingerprint density at radius 2 is 0.743 bits per heavy atom. The molecule has 2 N–H and O–H groups in total. The predicted molar refractivity (Wildman–Crippen MR) is 394 cm³/mol. The highest BCUT2D eigenvalue weighted by atomic mass is 16.6. The van der Waals surface area contributed by atoms with Crippen molar-refractivity contribution in [1.29, 1.82) is 0 Å². The summed E-state index contributed by atoms with van der Waals surface area (Å²) in [6, 6.07) is 0. The zero-order valence-corrected chi connectivity index (χ0v) is 64.6. The van der Waals surface area contributed by atoms with Crippen LogP contribution in [0.2, 0.25) is 0 Å². The van der Waals surface area contributed by atoms with E-state index in [0.29, 0.717) is 93.2 Å². The Kier molecular flexibility index (Phi) is 38.8. The number of carbonyl (C=O) groups is 11. The second kappa shape index (κ2) is 43.6. The van der Waals surface area contributed by atoms with Crippen molar-refractivity contribution in [3.8, 4) is 0 Å². The number of cyclic esters (lactones) is 8. The van der Waals surface area contributed by atoms with Crippen LogP contribution in [0.4, 0.5) is 0 Å². The maximum absolute atomic E-state index is 11.5. The topological polar surface area (TPSA) is 330 Å². The Morgan fingerprint density at radius 1 is 0.419 bits per heavy atom. The maximum Gasteiger partial charge on any atom is 0.338 e. The SMILES string of the molecule is C=CCC1=C(O)[C@@H](C(C)(C)C)OC1=O.C=CCC1=C(O)[C@H](C(C)(C)C)OC1=O.C=CCOC1=CC(=O)O[C@@H]1C(C)(C)C.C=CCOC1=CC(=O)O[C@H]1C(C)(C)C.C=CCOC1=CC(=O)O[C@H]1C(C)C.C=CC[C@@H]1C(=O)O[C@H](C)C1=O.C=CC[C@@H]1C(=O)O[C@H](CC)C1=O.C=CC[C@@H]1C(=O)O[C@H](CCC)C1=O. The van der Waals surface area contributed by atoms with E-state index in [1.54, 1.807) is 55.5 Å². The number of carbonyl (C=O) groups excluding carboxylic acids is 11. The van der Waals surface area contributed by atoms with Crippen LogP contribution < -0.4 is 0 Å². The first-order chi connectivity index (χ1) is 48.9. The lowest BCUT2D eigenvalue weighted by Crippen LogP contribution is -2.29. The van der Waals surface area contributed by atoms with Gasteiger partial charge in [-0.2, -0.15) is 0 Å². The molecule has 24 heteroatoms. The second-order valence-corrected chi connectivity index (χ2v) is 29.5. The van der Waals surface area contributed by atoms with Gasteiger partial charge in [0.1, 0.15) is 66.4 Å². The molecule has 3 saturated heterocycles. The average molecular weight is 1470 g/mol. The highest BCUT2D eigenvalue weighted by molar-refractivity contribution is 6.08. The summed E-state index contributed by atoms with van der Waals surface area (Å²) in [6.45, 7) is 62.2. The van der Waals surface area contributed by atoms with Crippen LogP contribution in [0.1, 0.15) is 169 Å². The number of hydrogen-bond acceptors (Lipinski definition) is 24. The summed E-state index contributed by atoms with van der Waals surface area (Å²) in [6.07, 6.45) is 17.5. The highest BCUT2D eigenvalue weighted by Crippen LogP contribution is 2.38. The molecule has 0 amide bonds. The van der Waals surface area contributed by atoms with Gasteiger partial charge in [0.2, 0.25) is 0 Å². The van der Waals surface area contributed by atoms with Crippen molar-refractivity contribution in [2.45, 2.75) is 218 Å². The Bertz CT molecular complexity index is 3210. The molecular formula is C81H114O24. The molecule has 11 atom stereocenters. The van der Waals surface area contributed by atoms with Crippen LogP contribution in [-0.4, -0.2) is 144 Å². The number of Topliss-reactive ketones (excluding diaryl/α,β-unsaturated/α-hetero) is 3. The Balaban J connectivity index is 0.000000601. The van der Waals surface area contributed by atoms with Crippen LogP contribution in [0.5, 0.6) is 0 Å². The molecule has 8 aliphatic rings. The molecule has 8 aliphatic heterocycles. The standard InChI is InChI=1S/4C11H16O3.2C10H14O3.C9H12O3.C8H10O3/c2*1-5-6-13-8-7-9(12)14-10(8)11(2,3)4;2*1-5-6-7-8(12)9(11(2,3)4)14-10(7)13;1-4-5-12-8-6-9(11)13-10(8)7(2)3;1-3-5-7-9(11)8(6-4-2)13-10(7)12;1-3-5-6-8(10)7(4-2)12-9(6)11;1-3-4-6-7(9)5(2)11-8(6)10/h2*5,7,10H,1,6H2,2-4H3;2*5,9,12H,1,6H2,2-4H3;4,6-7,10H,1,5H2,2-3H3;3,7-8H,1,4-6H2,2H3;3,6-7H,1,4-5H2,2H3;3,5-6H,1,4H2,2H3/t2*10-;2*9-;10-;7-,8+;6-,7+;5-,6+/m10100001/s1. The van der Waals surface area contributed by atoms with Gasteiger partial charge in [0.05, 0.1) is 29.4 Å². The molecule has 0 unspecified atom stereocenters. The highest BCUT2D eigenvalue weighted by Gasteiger charge is 2.46. The van der Waals surface area contributed by atoms with Crippen molar-refractivity contribution in [2.24, 2.45) is 45.3 Å². The number of aliphatic hydroxyl groups excluding tert-OH is 2. The predicted octanol–water partition coefficient (Wildman–Crippen LogP) is 13.7. The Hall–Kier alpha value is -9.61. The molecule has 24 nitrogen and oxygen atoms in total. The summed E-state index contributed by atoms with van der Waals surface area (Å²) < 4.78 is 56.0. The molecule has 3 fully saturated rings. The van der Waals surface area contributed by atoms with Crippen molar-refractivity contribution in [3.63, 3.8) is 0 Å². The largest absolute Gasteiger partial charge is 0.508 e. The number of hydrogen-bond donors (Lipinski definition) is 2. The van der Waals surface area contributed by atoms with Gasteiger partial charge in [-0.25, -0.2) is 24.0 Å². The summed E-state index contributed by atoms with van der Waals surface area (Å²) >= 11 is 0. The smallest absolute Gasteiger partial charge is 0.338 e. The van der Waals surface area contributed by atoms with E-state index < -0.39 is 72.2 Å². The molecule has 0 aromatic rings. The molecule has 105 heavy (non-hydrogen) atoms. The monoisotopic (exact) mass is 1470 g/mol. The molecule has 0 radical (unpaired) electrons. The van der Waals surface area contributed by atoms with Crippen LogP contribution in [0, 0.1) is 45.3 Å². The number of ketones is 3. The molecule has 0 aromatic carbocycles. The molecule has 0 spiro atoms. The maximum atomic E-state index is 11.5. The van der Waals surface area contributed by atoms with Gasteiger partial charge in [-0.05, 0) is 44.9 Å². The molecule has 582 valence electrons. The fourth-order valence-electron chi connectivity index (χ4n) is 10.4. The van der Waals surface area contributed by atoms with Crippen molar-refractivity contribution < 1.29 is 115 Å². The molecular weight excluding hydrogens is 1360 g/mol. The number of allylic oxidation sites excluding steroid dienone is 5. The molecule has 0 saturated carbocycles. The fraction of sp³-hybridized carbons (Fsp3) is 0.543. The van der Waals surface area contributed by atoms with E-state index in [2.05, 4.69) is 52.6 Å². The lowest BCUT2D eigenvalue weighted by molar-refractivity contribution is -0.145. The van der Waals surface area contributed by atoms with E-state index in [4.69, 9.17) is 52.1 Å². The molecule has 0 aromatic heterocycles. The third-order valence-electron chi connectivity index (χ3n) is 15.8. The minimum atomic E-state index is -0.595. The van der Waals surface area contributed by atoms with Crippen molar-refractivity contribution in [2.75, 3.05) is 19.8 Å². The van der Waals surface area contributed by atoms with Crippen LogP contribution in [0.3, 0.4) is 0 Å². The third kappa shape index (κ3) is 29.1. The normalized spacial score (nSPS) is 24.2. The van der Waals surface area contributed by atoms with Gasteiger partial charge >= 0.3 is 47.8 Å². The summed E-state index contributed by atoms with van der Waals surface area (Å²) in [5.41, 5.74) is -0.163. The van der Waals surface area contributed by atoms with Gasteiger partial charge in [-0.15, -0.1) is 32.9 Å². The van der Waals surface area contributed by atoms with Gasteiger partial charge in [0.15, 0.2) is 66.2 Å². The van der Waals surface area contributed by atoms with E-state index in [-0.39, 0.29) is 98.6 Å². The number of aliphatic hydroxyl groups is 2. The summed E-state index contributed by atoms with van der Waals surface area (Å²) in [7, 11) is 0. The first-order valence-corrected chi connectivity index (χ1v) is 34.9. The van der Waals surface area contributed by atoms with Crippen LogP contribution in [0.25, 0.3) is 0 Å². The second-order valence-electron chi connectivity index (χ2n) is 29.5. The van der Waals surface area contributed by atoms with Gasteiger partial charge in [0.25, 0.3) is 0 Å². The fourth-order valence-corrected chi connectivity index (χ4v) is 10.4. The number of ether oxygens (including phenoxy) is 11. The third-order valence-corrected chi connectivity index (χ3v) is 15.8. The molecule has 8 rings (SSSR count). The van der Waals surface area contributed by atoms with Gasteiger partial charge < -0.3 is 62.3 Å². The Morgan fingerprint density at radius 3 is 1.03 bits per heavy atom. The van der Waals surface area contributed by atoms with Crippen LogP contribution in [0.15, 0.2) is 159 Å². The quantitative estimate of drug-likeness (QED) is 0.0415. The van der Waals surface area contributed by atoms with Crippen molar-refractivity contribution in [3.05, 3.63) is 159 Å². The molecule has 8 heterocycles. The lowest BCUT2D eigenvalue weighted by Gasteiger charge is -2.27. The van der Waals surface area contributed by atoms with Gasteiger partial charge in [-0.3, -0.25) is 28.8 Å². The summed E-state index contributed by atoms with van der Waals surface area (Å²) in [5, 5.41) is 19.5.